The van der Waals surface area contributed by atoms with Gasteiger partial charge in [-0.2, -0.15) is 0 Å². The van der Waals surface area contributed by atoms with Crippen LogP contribution in [0.1, 0.15) is 28.4 Å². The molecule has 0 aliphatic rings. The Morgan fingerprint density at radius 2 is 1.81 bits per heavy atom. The van der Waals surface area contributed by atoms with Gasteiger partial charge >= 0.3 is 0 Å². The Balaban J connectivity index is 2.15. The lowest BCUT2D eigenvalue weighted by molar-refractivity contribution is -0.384. The van der Waals surface area contributed by atoms with Crippen LogP contribution in [0.3, 0.4) is 0 Å². The van der Waals surface area contributed by atoms with Gasteiger partial charge < -0.3 is 5.32 Å². The molecule has 0 radical (unpaired) electrons. The maximum absolute atomic E-state index is 11.0. The van der Waals surface area contributed by atoms with Gasteiger partial charge in [-0.05, 0) is 29.7 Å². The summed E-state index contributed by atoms with van der Waals surface area (Å²) in [4.78, 5) is 21.2. The predicted octanol–water partition coefficient (Wildman–Crippen LogP) is 3.58. The van der Waals surface area contributed by atoms with Crippen LogP contribution in [0.15, 0.2) is 42.5 Å². The van der Waals surface area contributed by atoms with E-state index in [1.54, 1.807) is 12.1 Å². The van der Waals surface area contributed by atoms with E-state index in [0.717, 1.165) is 12.0 Å². The smallest absolute Gasteiger partial charge is 0.293 e. The largest absolute Gasteiger partial charge is 0.375 e. The molecule has 21 heavy (non-hydrogen) atoms. The molecule has 2 aromatic carbocycles. The van der Waals surface area contributed by atoms with Crippen LogP contribution in [0.5, 0.6) is 0 Å². The lowest BCUT2D eigenvalue weighted by Crippen LogP contribution is -2.03. The average molecular weight is 284 g/mol. The van der Waals surface area contributed by atoms with Crippen molar-refractivity contribution in [3.63, 3.8) is 0 Å². The quantitative estimate of drug-likeness (QED) is 0.500. The van der Waals surface area contributed by atoms with Crippen LogP contribution in [0, 0.1) is 10.1 Å². The third-order valence-corrected chi connectivity index (χ3v) is 3.27. The Morgan fingerprint density at radius 1 is 1.14 bits per heavy atom. The molecule has 5 nitrogen and oxygen atoms in total. The lowest BCUT2D eigenvalue weighted by atomic mass is 10.1. The molecule has 0 spiro atoms. The summed E-state index contributed by atoms with van der Waals surface area (Å²) in [5, 5.41) is 14.1. The number of carbonyl (C=O) groups is 1. The van der Waals surface area contributed by atoms with E-state index in [4.69, 9.17) is 0 Å². The standard InChI is InChI=1S/C16H16N2O3/c1-2-12-3-5-13(6-4-12)10-17-15-8-7-14(11-19)9-16(15)18(20)21/h3-9,11,17H,2,10H2,1H3. The number of nitro benzene ring substituents is 1. The van der Waals surface area contributed by atoms with E-state index in [-0.39, 0.29) is 5.69 Å². The molecule has 5 heteroatoms. The van der Waals surface area contributed by atoms with Crippen molar-refractivity contribution in [1.82, 2.24) is 0 Å². The zero-order valence-corrected chi connectivity index (χ0v) is 11.7. The highest BCUT2D eigenvalue weighted by atomic mass is 16.6. The van der Waals surface area contributed by atoms with Crippen molar-refractivity contribution in [2.75, 3.05) is 5.32 Å². The number of aryl methyl sites for hydroxylation is 1. The van der Waals surface area contributed by atoms with E-state index in [1.165, 1.54) is 11.6 Å². The summed E-state index contributed by atoms with van der Waals surface area (Å²) in [5.74, 6) is 0. The summed E-state index contributed by atoms with van der Waals surface area (Å²) >= 11 is 0. The number of hydrogen-bond acceptors (Lipinski definition) is 4. The minimum Gasteiger partial charge on any atom is -0.375 e. The third kappa shape index (κ3) is 3.66. The fourth-order valence-electron chi connectivity index (χ4n) is 2.01. The Kier molecular flexibility index (Phi) is 4.66. The lowest BCUT2D eigenvalue weighted by Gasteiger charge is -2.08. The minimum atomic E-state index is -0.491. The fourth-order valence-corrected chi connectivity index (χ4v) is 2.01. The first-order chi connectivity index (χ1) is 10.1. The van der Waals surface area contributed by atoms with E-state index in [0.29, 0.717) is 24.1 Å². The molecule has 0 bridgehead atoms. The van der Waals surface area contributed by atoms with Gasteiger partial charge in [-0.25, -0.2) is 0 Å². The molecule has 0 saturated carbocycles. The molecule has 2 aromatic rings. The molecular formula is C16H16N2O3. The first kappa shape index (κ1) is 14.7. The van der Waals surface area contributed by atoms with Crippen molar-refractivity contribution in [1.29, 1.82) is 0 Å². The van der Waals surface area contributed by atoms with Crippen LogP contribution in [-0.2, 0) is 13.0 Å². The molecule has 0 aliphatic carbocycles. The molecule has 0 fully saturated rings. The highest BCUT2D eigenvalue weighted by Crippen LogP contribution is 2.25. The maximum Gasteiger partial charge on any atom is 0.293 e. The van der Waals surface area contributed by atoms with E-state index < -0.39 is 4.92 Å². The molecule has 2 rings (SSSR count). The van der Waals surface area contributed by atoms with Gasteiger partial charge in [0, 0.05) is 18.2 Å². The Hall–Kier alpha value is -2.69. The number of hydrogen-bond donors (Lipinski definition) is 1. The molecule has 0 heterocycles. The number of rotatable bonds is 6. The molecule has 0 atom stereocenters. The summed E-state index contributed by atoms with van der Waals surface area (Å²) in [6.07, 6.45) is 1.58. The van der Waals surface area contributed by atoms with E-state index in [9.17, 15) is 14.9 Å². The number of nitrogens with zero attached hydrogens (tertiary/aromatic N) is 1. The van der Waals surface area contributed by atoms with Gasteiger partial charge in [0.2, 0.25) is 0 Å². The third-order valence-electron chi connectivity index (χ3n) is 3.27. The maximum atomic E-state index is 11.0. The SMILES string of the molecule is CCc1ccc(CNc2ccc(C=O)cc2[N+](=O)[O-])cc1. The summed E-state index contributed by atoms with van der Waals surface area (Å²) in [5.41, 5.74) is 2.90. The summed E-state index contributed by atoms with van der Waals surface area (Å²) < 4.78 is 0. The van der Waals surface area contributed by atoms with Crippen LogP contribution in [0.2, 0.25) is 0 Å². The summed E-state index contributed by atoms with van der Waals surface area (Å²) in [6.45, 7) is 2.58. The normalized spacial score (nSPS) is 10.1. The molecule has 0 unspecified atom stereocenters. The van der Waals surface area contributed by atoms with Gasteiger partial charge in [-0.15, -0.1) is 0 Å². The second-order valence-corrected chi connectivity index (χ2v) is 4.68. The topological polar surface area (TPSA) is 72.2 Å². The van der Waals surface area contributed by atoms with Gasteiger partial charge in [0.05, 0.1) is 4.92 Å². The van der Waals surface area contributed by atoms with Crippen molar-refractivity contribution >= 4 is 17.7 Å². The Labute approximate surface area is 122 Å². The number of nitro groups is 1. The highest BCUT2D eigenvalue weighted by molar-refractivity contribution is 5.79. The van der Waals surface area contributed by atoms with Crippen molar-refractivity contribution in [3.8, 4) is 0 Å². The van der Waals surface area contributed by atoms with Crippen molar-refractivity contribution < 1.29 is 9.72 Å². The second kappa shape index (κ2) is 6.65. The Morgan fingerprint density at radius 3 is 2.38 bits per heavy atom. The van der Waals surface area contributed by atoms with Gasteiger partial charge in [-0.1, -0.05) is 31.2 Å². The van der Waals surface area contributed by atoms with E-state index >= 15 is 0 Å². The number of nitrogens with one attached hydrogen (secondary N) is 1. The first-order valence-corrected chi connectivity index (χ1v) is 6.69. The van der Waals surface area contributed by atoms with E-state index in [2.05, 4.69) is 12.2 Å². The van der Waals surface area contributed by atoms with Gasteiger partial charge in [-0.3, -0.25) is 14.9 Å². The average Bonchev–Trinajstić information content (AvgIpc) is 2.53. The molecule has 0 amide bonds. The fraction of sp³-hybridized carbons (Fsp3) is 0.188. The van der Waals surface area contributed by atoms with E-state index in [1.807, 2.05) is 24.3 Å². The molecule has 0 saturated heterocycles. The van der Waals surface area contributed by atoms with Crippen LogP contribution < -0.4 is 5.32 Å². The van der Waals surface area contributed by atoms with Crippen molar-refractivity contribution in [2.45, 2.75) is 19.9 Å². The molecule has 0 aliphatic heterocycles. The molecular weight excluding hydrogens is 268 g/mol. The van der Waals surface area contributed by atoms with Gasteiger partial charge in [0.15, 0.2) is 0 Å². The zero-order chi connectivity index (χ0) is 15.2. The Bertz CT molecular complexity index is 651. The van der Waals surface area contributed by atoms with Crippen molar-refractivity contribution in [3.05, 3.63) is 69.3 Å². The molecule has 0 aromatic heterocycles. The molecule has 108 valence electrons. The zero-order valence-electron chi connectivity index (χ0n) is 11.7. The summed E-state index contributed by atoms with van der Waals surface area (Å²) in [6, 6.07) is 12.5. The minimum absolute atomic E-state index is 0.0928. The highest BCUT2D eigenvalue weighted by Gasteiger charge is 2.14. The van der Waals surface area contributed by atoms with Gasteiger partial charge in [0.1, 0.15) is 12.0 Å². The first-order valence-electron chi connectivity index (χ1n) is 6.69. The summed E-state index contributed by atoms with van der Waals surface area (Å²) in [7, 11) is 0. The monoisotopic (exact) mass is 284 g/mol. The van der Waals surface area contributed by atoms with Crippen LogP contribution in [-0.4, -0.2) is 11.2 Å². The number of anilines is 1. The van der Waals surface area contributed by atoms with Crippen LogP contribution in [0.4, 0.5) is 11.4 Å². The van der Waals surface area contributed by atoms with Crippen molar-refractivity contribution in [2.24, 2.45) is 0 Å². The number of benzene rings is 2. The van der Waals surface area contributed by atoms with Crippen LogP contribution >= 0.6 is 0 Å². The number of carbonyl (C=O) groups excluding carboxylic acids is 1. The second-order valence-electron chi connectivity index (χ2n) is 4.68. The predicted molar refractivity (Wildman–Crippen MR) is 81.6 cm³/mol. The van der Waals surface area contributed by atoms with Crippen LogP contribution in [0.25, 0.3) is 0 Å². The molecule has 1 N–H and O–H groups in total. The van der Waals surface area contributed by atoms with Gasteiger partial charge in [0.25, 0.3) is 5.69 Å². The number of aldehydes is 1.